The molecule has 1 rings (SSSR count). The number of thiophene rings is 1. The van der Waals surface area contributed by atoms with Gasteiger partial charge in [-0.25, -0.2) is 4.79 Å². The van der Waals surface area contributed by atoms with Gasteiger partial charge in [0, 0.05) is 11.4 Å². The lowest BCUT2D eigenvalue weighted by atomic mass is 10.2. The average Bonchev–Trinajstić information content (AvgIpc) is 2.55. The Bertz CT molecular complexity index is 402. The summed E-state index contributed by atoms with van der Waals surface area (Å²) in [6.07, 6.45) is 0. The van der Waals surface area contributed by atoms with Crippen LogP contribution in [-0.4, -0.2) is 23.6 Å². The molecule has 0 saturated carbocycles. The fourth-order valence-corrected chi connectivity index (χ4v) is 1.93. The molecule has 1 amide bonds. The highest BCUT2D eigenvalue weighted by Gasteiger charge is 2.10. The first-order valence-electron chi connectivity index (χ1n) is 4.46. The zero-order valence-electron chi connectivity index (χ0n) is 8.65. The summed E-state index contributed by atoms with van der Waals surface area (Å²) in [5.41, 5.74) is 8.23. The van der Waals surface area contributed by atoms with E-state index in [-0.39, 0.29) is 11.5 Å². The van der Waals surface area contributed by atoms with Gasteiger partial charge in [-0.05, 0) is 18.6 Å². The first kappa shape index (κ1) is 12.6. The number of carboxylic acids is 1. The van der Waals surface area contributed by atoms with Crippen LogP contribution < -0.4 is 11.2 Å². The van der Waals surface area contributed by atoms with Gasteiger partial charge < -0.3 is 10.8 Å². The summed E-state index contributed by atoms with van der Waals surface area (Å²) < 4.78 is 0. The molecule has 0 saturated heterocycles. The van der Waals surface area contributed by atoms with E-state index in [1.54, 1.807) is 6.07 Å². The summed E-state index contributed by atoms with van der Waals surface area (Å²) in [6, 6.07) is 1.57. The summed E-state index contributed by atoms with van der Waals surface area (Å²) >= 11 is 1.20. The number of aryl methyl sites for hydroxylation is 1. The number of aromatic carboxylic acids is 1. The Labute approximate surface area is 96.0 Å². The van der Waals surface area contributed by atoms with Crippen molar-refractivity contribution in [2.75, 3.05) is 6.61 Å². The summed E-state index contributed by atoms with van der Waals surface area (Å²) in [5, 5.41) is 8.76. The van der Waals surface area contributed by atoms with Gasteiger partial charge in [-0.3, -0.25) is 9.63 Å². The molecule has 0 spiro atoms. The second-order valence-electron chi connectivity index (χ2n) is 3.07. The second-order valence-corrected chi connectivity index (χ2v) is 4.33. The first-order valence-corrected chi connectivity index (χ1v) is 5.28. The number of hydrogen-bond acceptors (Lipinski definition) is 5. The van der Waals surface area contributed by atoms with E-state index in [4.69, 9.17) is 15.7 Å². The fraction of sp³-hybridized carbons (Fsp3) is 0.333. The van der Waals surface area contributed by atoms with Crippen LogP contribution in [0.15, 0.2) is 6.07 Å². The molecule has 1 aromatic rings. The van der Waals surface area contributed by atoms with E-state index in [1.807, 2.05) is 6.92 Å². The van der Waals surface area contributed by atoms with Gasteiger partial charge in [0.15, 0.2) is 0 Å². The van der Waals surface area contributed by atoms with Crippen LogP contribution in [0.5, 0.6) is 0 Å². The molecule has 4 N–H and O–H groups in total. The van der Waals surface area contributed by atoms with E-state index < -0.39 is 11.9 Å². The van der Waals surface area contributed by atoms with Crippen LogP contribution in [0, 0.1) is 6.92 Å². The van der Waals surface area contributed by atoms with Crippen molar-refractivity contribution in [3.63, 3.8) is 0 Å². The van der Waals surface area contributed by atoms with Gasteiger partial charge in [-0.15, -0.1) is 11.3 Å². The maximum absolute atomic E-state index is 10.7. The Morgan fingerprint density at radius 1 is 1.62 bits per heavy atom. The van der Waals surface area contributed by atoms with Crippen LogP contribution >= 0.6 is 11.3 Å². The molecule has 0 unspecified atom stereocenters. The smallest absolute Gasteiger partial charge is 0.345 e. The highest BCUT2D eigenvalue weighted by molar-refractivity contribution is 7.14. The molecular weight excluding hydrogens is 232 g/mol. The van der Waals surface area contributed by atoms with E-state index in [2.05, 4.69) is 5.48 Å². The lowest BCUT2D eigenvalue weighted by molar-refractivity contribution is -0.125. The third kappa shape index (κ3) is 3.61. The number of rotatable bonds is 6. The van der Waals surface area contributed by atoms with Crippen LogP contribution in [0.4, 0.5) is 0 Å². The SMILES string of the molecule is Cc1sc(C(=O)O)cc1CNOCC(N)=O. The zero-order chi connectivity index (χ0) is 12.1. The maximum atomic E-state index is 10.7. The van der Waals surface area contributed by atoms with E-state index in [9.17, 15) is 9.59 Å². The molecule has 0 aliphatic rings. The molecule has 6 nitrogen and oxygen atoms in total. The predicted molar refractivity (Wildman–Crippen MR) is 58.0 cm³/mol. The quantitative estimate of drug-likeness (QED) is 0.492. The Kier molecular flexibility index (Phi) is 4.41. The van der Waals surface area contributed by atoms with Crippen molar-refractivity contribution in [3.8, 4) is 0 Å². The largest absolute Gasteiger partial charge is 0.477 e. The summed E-state index contributed by atoms with van der Waals surface area (Å²) in [5.74, 6) is -1.52. The van der Waals surface area contributed by atoms with Gasteiger partial charge in [0.2, 0.25) is 5.91 Å². The van der Waals surface area contributed by atoms with Gasteiger partial charge >= 0.3 is 5.97 Å². The van der Waals surface area contributed by atoms with Crippen molar-refractivity contribution in [3.05, 3.63) is 21.4 Å². The first-order chi connectivity index (χ1) is 7.50. The molecule has 88 valence electrons. The molecule has 0 radical (unpaired) electrons. The Balaban J connectivity index is 2.47. The third-order valence-electron chi connectivity index (χ3n) is 1.81. The summed E-state index contributed by atoms with van der Waals surface area (Å²) in [4.78, 5) is 27.0. The van der Waals surface area contributed by atoms with Crippen LogP contribution in [0.3, 0.4) is 0 Å². The second kappa shape index (κ2) is 5.59. The monoisotopic (exact) mass is 244 g/mol. The number of nitrogens with two attached hydrogens (primary N) is 1. The number of carbonyl (C=O) groups is 2. The minimum Gasteiger partial charge on any atom is -0.477 e. The summed E-state index contributed by atoms with van der Waals surface area (Å²) in [6.45, 7) is 1.94. The van der Waals surface area contributed by atoms with Crippen molar-refractivity contribution >= 4 is 23.2 Å². The highest BCUT2D eigenvalue weighted by Crippen LogP contribution is 2.21. The number of amides is 1. The fourth-order valence-electron chi connectivity index (χ4n) is 1.05. The molecular formula is C9H12N2O4S. The number of carboxylic acid groups (broad SMARTS) is 1. The van der Waals surface area contributed by atoms with Crippen LogP contribution in [0.2, 0.25) is 0 Å². The van der Waals surface area contributed by atoms with Crippen molar-refractivity contribution in [1.82, 2.24) is 5.48 Å². The number of primary amides is 1. The standard InChI is InChI=1S/C9H12N2O4S/c1-5-6(2-7(16-5)9(13)14)3-11-15-4-8(10)12/h2,11H,3-4H2,1H3,(H2,10,12)(H,13,14). The third-order valence-corrected chi connectivity index (χ3v) is 2.89. The minimum absolute atomic E-state index is 0.213. The highest BCUT2D eigenvalue weighted by atomic mass is 32.1. The molecule has 1 heterocycles. The van der Waals surface area contributed by atoms with E-state index in [0.29, 0.717) is 6.54 Å². The molecule has 7 heteroatoms. The Morgan fingerprint density at radius 3 is 2.81 bits per heavy atom. The van der Waals surface area contributed by atoms with Crippen LogP contribution in [-0.2, 0) is 16.2 Å². The predicted octanol–water partition coefficient (Wildman–Crippen LogP) is 0.261. The molecule has 0 aliphatic carbocycles. The number of hydrogen-bond donors (Lipinski definition) is 3. The lowest BCUT2D eigenvalue weighted by Gasteiger charge is -2.02. The summed E-state index contributed by atoms with van der Waals surface area (Å²) in [7, 11) is 0. The van der Waals surface area contributed by atoms with Gasteiger partial charge in [0.1, 0.15) is 11.5 Å². The molecule has 0 atom stereocenters. The maximum Gasteiger partial charge on any atom is 0.345 e. The Morgan fingerprint density at radius 2 is 2.31 bits per heavy atom. The normalized spacial score (nSPS) is 10.3. The van der Waals surface area contributed by atoms with Crippen molar-refractivity contribution < 1.29 is 19.5 Å². The van der Waals surface area contributed by atoms with E-state index in [1.165, 1.54) is 11.3 Å². The minimum atomic E-state index is -0.947. The van der Waals surface area contributed by atoms with Gasteiger partial charge in [-0.1, -0.05) is 0 Å². The van der Waals surface area contributed by atoms with E-state index in [0.717, 1.165) is 10.4 Å². The van der Waals surface area contributed by atoms with Gasteiger partial charge in [0.25, 0.3) is 0 Å². The topological polar surface area (TPSA) is 102 Å². The molecule has 1 aromatic heterocycles. The van der Waals surface area contributed by atoms with Crippen LogP contribution in [0.25, 0.3) is 0 Å². The van der Waals surface area contributed by atoms with Gasteiger partial charge in [0.05, 0.1) is 0 Å². The molecule has 0 aromatic carbocycles. The number of hydroxylamine groups is 1. The van der Waals surface area contributed by atoms with Crippen molar-refractivity contribution in [2.24, 2.45) is 5.73 Å². The van der Waals surface area contributed by atoms with Crippen molar-refractivity contribution in [1.29, 1.82) is 0 Å². The van der Waals surface area contributed by atoms with E-state index >= 15 is 0 Å². The molecule has 0 bridgehead atoms. The number of nitrogens with one attached hydrogen (secondary N) is 1. The average molecular weight is 244 g/mol. The van der Waals surface area contributed by atoms with Crippen LogP contribution in [0.1, 0.15) is 20.1 Å². The molecule has 0 aliphatic heterocycles. The van der Waals surface area contributed by atoms with Gasteiger partial charge in [-0.2, -0.15) is 5.48 Å². The Hall–Kier alpha value is -1.44. The van der Waals surface area contributed by atoms with Crippen molar-refractivity contribution in [2.45, 2.75) is 13.5 Å². The lowest BCUT2D eigenvalue weighted by Crippen LogP contribution is -2.24. The molecule has 16 heavy (non-hydrogen) atoms. The zero-order valence-corrected chi connectivity index (χ0v) is 9.47. The number of carbonyl (C=O) groups excluding carboxylic acids is 1. The molecule has 0 fully saturated rings.